The summed E-state index contributed by atoms with van der Waals surface area (Å²) in [6.45, 7) is 1.61. The maximum Gasteiger partial charge on any atom is 0.223 e. The van der Waals surface area contributed by atoms with Gasteiger partial charge in [0.2, 0.25) is 5.52 Å². The molecule has 1 heterocycles. The molecule has 72 valence electrons. The van der Waals surface area contributed by atoms with Crippen LogP contribution in [-0.4, -0.2) is 5.11 Å². The Kier molecular flexibility index (Phi) is 2.09. The summed E-state index contributed by atoms with van der Waals surface area (Å²) < 4.78 is 0.862. The summed E-state index contributed by atoms with van der Waals surface area (Å²) >= 11 is 0. The predicted molar refractivity (Wildman–Crippen MR) is 53.6 cm³/mol. The minimum Gasteiger partial charge on any atom is -0.618 e. The fourth-order valence-electron chi connectivity index (χ4n) is 1.56. The van der Waals surface area contributed by atoms with E-state index in [2.05, 4.69) is 0 Å². The summed E-state index contributed by atoms with van der Waals surface area (Å²) in [5, 5.41) is 21.6. The van der Waals surface area contributed by atoms with E-state index < -0.39 is 0 Å². The first-order chi connectivity index (χ1) is 6.74. The Bertz CT molecular complexity index is 480. The molecule has 1 aromatic heterocycles. The van der Waals surface area contributed by atoms with Crippen LogP contribution < -0.4 is 4.73 Å². The van der Waals surface area contributed by atoms with Crippen molar-refractivity contribution in [1.82, 2.24) is 0 Å². The van der Waals surface area contributed by atoms with Crippen molar-refractivity contribution < 1.29 is 9.84 Å². The van der Waals surface area contributed by atoms with Crippen LogP contribution in [0.4, 0.5) is 0 Å². The van der Waals surface area contributed by atoms with Gasteiger partial charge in [-0.2, -0.15) is 4.73 Å². The number of para-hydroxylation sites is 1. The van der Waals surface area contributed by atoms with Crippen molar-refractivity contribution in [2.75, 3.05) is 0 Å². The normalized spacial score (nSPS) is 10.7. The SMILES string of the molecule is Cc1c(CO)cc2ccccc2[n+]1[O-]. The van der Waals surface area contributed by atoms with Gasteiger partial charge in [0.25, 0.3) is 0 Å². The lowest BCUT2D eigenvalue weighted by Gasteiger charge is -2.07. The van der Waals surface area contributed by atoms with Gasteiger partial charge in [0.1, 0.15) is 0 Å². The summed E-state index contributed by atoms with van der Waals surface area (Å²) in [4.78, 5) is 0. The van der Waals surface area contributed by atoms with E-state index in [0.29, 0.717) is 16.8 Å². The van der Waals surface area contributed by atoms with E-state index in [-0.39, 0.29) is 6.61 Å². The highest BCUT2D eigenvalue weighted by Gasteiger charge is 2.11. The van der Waals surface area contributed by atoms with Crippen LogP contribution in [0.25, 0.3) is 10.9 Å². The number of aliphatic hydroxyl groups excluding tert-OH is 1. The van der Waals surface area contributed by atoms with Gasteiger partial charge >= 0.3 is 0 Å². The van der Waals surface area contributed by atoms with Gasteiger partial charge in [0.05, 0.1) is 6.61 Å². The van der Waals surface area contributed by atoms with Crippen molar-refractivity contribution in [2.45, 2.75) is 13.5 Å². The quantitative estimate of drug-likeness (QED) is 0.542. The van der Waals surface area contributed by atoms with E-state index in [0.717, 1.165) is 10.1 Å². The van der Waals surface area contributed by atoms with Crippen molar-refractivity contribution in [1.29, 1.82) is 0 Å². The Morgan fingerprint density at radius 3 is 2.79 bits per heavy atom. The maximum atomic E-state index is 11.7. The molecule has 2 aromatic rings. The predicted octanol–water partition coefficient (Wildman–Crippen LogP) is 1.27. The van der Waals surface area contributed by atoms with Crippen molar-refractivity contribution in [3.05, 3.63) is 46.8 Å². The van der Waals surface area contributed by atoms with E-state index >= 15 is 0 Å². The summed E-state index contributed by atoms with van der Waals surface area (Å²) in [6.07, 6.45) is 0. The lowest BCUT2D eigenvalue weighted by molar-refractivity contribution is -0.584. The number of aromatic nitrogens is 1. The zero-order valence-corrected chi connectivity index (χ0v) is 7.90. The summed E-state index contributed by atoms with van der Waals surface area (Å²) in [5.74, 6) is 0. The second-order valence-electron chi connectivity index (χ2n) is 3.27. The maximum absolute atomic E-state index is 11.7. The third-order valence-electron chi connectivity index (χ3n) is 2.42. The molecule has 14 heavy (non-hydrogen) atoms. The molecule has 0 amide bonds. The van der Waals surface area contributed by atoms with Crippen molar-refractivity contribution in [2.24, 2.45) is 0 Å². The molecule has 0 saturated carbocycles. The first kappa shape index (κ1) is 8.97. The molecule has 0 aliphatic rings. The molecule has 0 spiro atoms. The summed E-state index contributed by atoms with van der Waals surface area (Å²) in [7, 11) is 0. The van der Waals surface area contributed by atoms with E-state index in [1.165, 1.54) is 0 Å². The molecule has 3 heteroatoms. The van der Waals surface area contributed by atoms with Gasteiger partial charge in [0, 0.05) is 23.9 Å². The number of pyridine rings is 1. The van der Waals surface area contributed by atoms with Gasteiger partial charge in [-0.1, -0.05) is 12.1 Å². The molecule has 0 fully saturated rings. The molecular weight excluding hydrogens is 178 g/mol. The monoisotopic (exact) mass is 189 g/mol. The number of rotatable bonds is 1. The van der Waals surface area contributed by atoms with Crippen LogP contribution in [-0.2, 0) is 6.61 Å². The van der Waals surface area contributed by atoms with Gasteiger partial charge in [0.15, 0.2) is 5.69 Å². The molecule has 0 saturated heterocycles. The Morgan fingerprint density at radius 1 is 1.36 bits per heavy atom. The lowest BCUT2D eigenvalue weighted by Crippen LogP contribution is -2.32. The molecule has 0 atom stereocenters. The molecule has 2 rings (SSSR count). The van der Waals surface area contributed by atoms with Gasteiger partial charge in [-0.25, -0.2) is 0 Å². The second-order valence-corrected chi connectivity index (χ2v) is 3.27. The number of nitrogens with zero attached hydrogens (tertiary/aromatic N) is 1. The molecule has 0 unspecified atom stereocenters. The van der Waals surface area contributed by atoms with E-state index in [9.17, 15) is 5.21 Å². The molecule has 0 radical (unpaired) electrons. The molecule has 0 bridgehead atoms. The minimum absolute atomic E-state index is 0.0983. The van der Waals surface area contributed by atoms with Crippen molar-refractivity contribution >= 4 is 10.9 Å². The molecule has 1 N–H and O–H groups in total. The third-order valence-corrected chi connectivity index (χ3v) is 2.42. The number of fused-ring (bicyclic) bond motifs is 1. The number of hydrogen-bond donors (Lipinski definition) is 1. The molecule has 0 aliphatic heterocycles. The average Bonchev–Trinajstić information content (AvgIpc) is 2.23. The Morgan fingerprint density at radius 2 is 2.07 bits per heavy atom. The number of aliphatic hydroxyl groups is 1. The minimum atomic E-state index is -0.0983. The number of benzene rings is 1. The van der Waals surface area contributed by atoms with Crippen LogP contribution in [0.1, 0.15) is 11.3 Å². The molecule has 3 nitrogen and oxygen atoms in total. The van der Waals surface area contributed by atoms with E-state index in [4.69, 9.17) is 5.11 Å². The van der Waals surface area contributed by atoms with Crippen LogP contribution in [0.15, 0.2) is 30.3 Å². The van der Waals surface area contributed by atoms with Gasteiger partial charge in [-0.05, 0) is 12.1 Å². The first-order valence-electron chi connectivity index (χ1n) is 4.45. The Labute approximate surface area is 81.8 Å². The van der Waals surface area contributed by atoms with Crippen LogP contribution >= 0.6 is 0 Å². The first-order valence-corrected chi connectivity index (χ1v) is 4.45. The fraction of sp³-hybridized carbons (Fsp3) is 0.182. The second kappa shape index (κ2) is 3.27. The summed E-state index contributed by atoms with van der Waals surface area (Å²) in [5.41, 5.74) is 1.88. The zero-order valence-electron chi connectivity index (χ0n) is 7.90. The topological polar surface area (TPSA) is 47.2 Å². The summed E-state index contributed by atoms with van der Waals surface area (Å²) in [6, 6.07) is 9.19. The smallest absolute Gasteiger partial charge is 0.223 e. The van der Waals surface area contributed by atoms with E-state index in [1.54, 1.807) is 13.0 Å². The molecule has 0 aliphatic carbocycles. The van der Waals surface area contributed by atoms with Crippen molar-refractivity contribution in [3.63, 3.8) is 0 Å². The van der Waals surface area contributed by atoms with Crippen LogP contribution in [0.3, 0.4) is 0 Å². The largest absolute Gasteiger partial charge is 0.618 e. The van der Waals surface area contributed by atoms with E-state index in [1.807, 2.05) is 24.3 Å². The highest BCUT2D eigenvalue weighted by Crippen LogP contribution is 2.14. The molecule has 1 aromatic carbocycles. The van der Waals surface area contributed by atoms with Crippen LogP contribution in [0, 0.1) is 12.1 Å². The van der Waals surface area contributed by atoms with Crippen molar-refractivity contribution in [3.8, 4) is 0 Å². The lowest BCUT2D eigenvalue weighted by atomic mass is 10.1. The Balaban J connectivity index is 2.85. The van der Waals surface area contributed by atoms with Crippen LogP contribution in [0.2, 0.25) is 0 Å². The molecular formula is C11H11NO2. The third kappa shape index (κ3) is 1.22. The fourth-order valence-corrected chi connectivity index (χ4v) is 1.56. The average molecular weight is 189 g/mol. The Hall–Kier alpha value is -1.61. The zero-order chi connectivity index (χ0) is 10.1. The standard InChI is InChI=1S/C11H11NO2/c1-8-10(7-13)6-9-4-2-3-5-11(9)12(8)14/h2-6,13H,7H2,1H3. The van der Waals surface area contributed by atoms with Gasteiger partial charge in [-0.3, -0.25) is 0 Å². The highest BCUT2D eigenvalue weighted by atomic mass is 16.5. The van der Waals surface area contributed by atoms with Gasteiger partial charge in [-0.15, -0.1) is 0 Å². The van der Waals surface area contributed by atoms with Crippen LogP contribution in [0.5, 0.6) is 0 Å². The number of hydrogen-bond acceptors (Lipinski definition) is 2. The highest BCUT2D eigenvalue weighted by molar-refractivity contribution is 5.76. The van der Waals surface area contributed by atoms with Gasteiger partial charge < -0.3 is 10.3 Å².